The van der Waals surface area contributed by atoms with Gasteiger partial charge in [0, 0.05) is 26.1 Å². The summed E-state index contributed by atoms with van der Waals surface area (Å²) in [5, 5.41) is 2.77. The monoisotopic (exact) mass is 364 g/mol. The molecule has 0 atom stereocenters. The first-order valence-electron chi connectivity index (χ1n) is 7.85. The van der Waals surface area contributed by atoms with Crippen LogP contribution >= 0.6 is 0 Å². The maximum Gasteiger partial charge on any atom is 0.221 e. The number of carbonyl (C=O) groups excluding carboxylic acids is 1. The van der Waals surface area contributed by atoms with E-state index in [0.29, 0.717) is 12.1 Å². The Hall–Kier alpha value is -2.25. The second kappa shape index (κ2) is 8.73. The Kier molecular flexibility index (Phi) is 6.66. The van der Waals surface area contributed by atoms with Gasteiger partial charge in [0.05, 0.1) is 6.26 Å². The number of nitrogens with zero attached hydrogens (tertiary/aromatic N) is 1. The van der Waals surface area contributed by atoms with Crippen LogP contribution in [0.2, 0.25) is 0 Å². The van der Waals surface area contributed by atoms with Crippen molar-refractivity contribution in [2.45, 2.75) is 19.5 Å². The highest BCUT2D eigenvalue weighted by molar-refractivity contribution is 7.88. The van der Waals surface area contributed by atoms with E-state index >= 15 is 0 Å². The highest BCUT2D eigenvalue weighted by atomic mass is 32.2. The van der Waals surface area contributed by atoms with E-state index in [9.17, 15) is 17.6 Å². The predicted molar refractivity (Wildman–Crippen MR) is 94.6 cm³/mol. The number of hydrogen-bond acceptors (Lipinski definition) is 3. The summed E-state index contributed by atoms with van der Waals surface area (Å²) in [6.07, 6.45) is 1.15. The van der Waals surface area contributed by atoms with E-state index in [2.05, 4.69) is 5.32 Å². The average Bonchev–Trinajstić information content (AvgIpc) is 2.58. The molecule has 7 heteroatoms. The summed E-state index contributed by atoms with van der Waals surface area (Å²) in [7, 11) is -3.48. The molecule has 0 unspecified atom stereocenters. The molecule has 0 radical (unpaired) electrons. The summed E-state index contributed by atoms with van der Waals surface area (Å²) in [5.41, 5.74) is 1.64. The molecule has 0 aliphatic heterocycles. The lowest BCUT2D eigenvalue weighted by Crippen LogP contribution is -2.34. The van der Waals surface area contributed by atoms with Gasteiger partial charge in [-0.25, -0.2) is 12.8 Å². The first-order chi connectivity index (χ1) is 11.8. The van der Waals surface area contributed by atoms with Gasteiger partial charge in [0.1, 0.15) is 5.82 Å². The minimum atomic E-state index is -3.48. The van der Waals surface area contributed by atoms with E-state index in [1.54, 1.807) is 0 Å². The number of benzene rings is 2. The molecule has 134 valence electrons. The molecule has 0 fully saturated rings. The number of sulfonamides is 1. The molecule has 0 saturated carbocycles. The molecule has 0 heterocycles. The van der Waals surface area contributed by atoms with Crippen LogP contribution < -0.4 is 5.32 Å². The Labute approximate surface area is 147 Å². The third-order valence-electron chi connectivity index (χ3n) is 3.66. The summed E-state index contributed by atoms with van der Waals surface area (Å²) < 4.78 is 38.0. The van der Waals surface area contributed by atoms with E-state index in [0.717, 1.165) is 11.8 Å². The minimum absolute atomic E-state index is 0.0566. The fourth-order valence-corrected chi connectivity index (χ4v) is 3.07. The lowest BCUT2D eigenvalue weighted by atomic mass is 10.2. The quantitative estimate of drug-likeness (QED) is 0.782. The van der Waals surface area contributed by atoms with Gasteiger partial charge >= 0.3 is 0 Å². The van der Waals surface area contributed by atoms with Gasteiger partial charge in [0.15, 0.2) is 0 Å². The van der Waals surface area contributed by atoms with Gasteiger partial charge in [-0.05, 0) is 23.3 Å². The number of nitrogens with one attached hydrogen (secondary N) is 1. The van der Waals surface area contributed by atoms with Crippen LogP contribution in [0.5, 0.6) is 0 Å². The van der Waals surface area contributed by atoms with Crippen LogP contribution in [0, 0.1) is 5.82 Å². The van der Waals surface area contributed by atoms with E-state index in [1.165, 1.54) is 28.6 Å². The largest absolute Gasteiger partial charge is 0.352 e. The summed E-state index contributed by atoms with van der Waals surface area (Å²) in [6.45, 7) is 0.568. The molecule has 5 nitrogen and oxygen atoms in total. The fourth-order valence-electron chi connectivity index (χ4n) is 2.27. The summed E-state index contributed by atoms with van der Waals surface area (Å²) in [5.74, 6) is -0.605. The first kappa shape index (κ1) is 19.1. The van der Waals surface area contributed by atoms with Crippen LogP contribution in [0.4, 0.5) is 4.39 Å². The molecular formula is C18H21FN2O3S. The van der Waals surface area contributed by atoms with Gasteiger partial charge in [-0.15, -0.1) is 0 Å². The van der Waals surface area contributed by atoms with Crippen molar-refractivity contribution in [2.24, 2.45) is 0 Å². The summed E-state index contributed by atoms with van der Waals surface area (Å²) in [6, 6.07) is 15.1. The zero-order chi connectivity index (χ0) is 18.3. The first-order valence-corrected chi connectivity index (χ1v) is 9.69. The molecular weight excluding hydrogens is 343 g/mol. The van der Waals surface area contributed by atoms with Crippen LogP contribution in [-0.4, -0.2) is 31.4 Å². The molecule has 0 bridgehead atoms. The van der Waals surface area contributed by atoms with Crippen molar-refractivity contribution in [3.8, 4) is 0 Å². The molecule has 2 rings (SSSR count). The molecule has 0 aliphatic rings. The summed E-state index contributed by atoms with van der Waals surface area (Å²) >= 11 is 0. The molecule has 2 aromatic rings. The second-order valence-electron chi connectivity index (χ2n) is 5.74. The van der Waals surface area contributed by atoms with Crippen LogP contribution in [0.1, 0.15) is 17.5 Å². The van der Waals surface area contributed by atoms with Crippen LogP contribution in [-0.2, 0) is 27.9 Å². The third-order valence-corrected chi connectivity index (χ3v) is 4.91. The maximum absolute atomic E-state index is 13.0. The normalized spacial score (nSPS) is 11.5. The van der Waals surface area contributed by atoms with E-state index in [1.807, 2.05) is 30.3 Å². The van der Waals surface area contributed by atoms with Crippen molar-refractivity contribution in [3.05, 3.63) is 71.5 Å². The highest BCUT2D eigenvalue weighted by Gasteiger charge is 2.18. The van der Waals surface area contributed by atoms with Gasteiger partial charge in [-0.2, -0.15) is 4.31 Å². The van der Waals surface area contributed by atoms with Gasteiger partial charge < -0.3 is 5.32 Å². The predicted octanol–water partition coefficient (Wildman–Crippen LogP) is 2.29. The Morgan fingerprint density at radius 2 is 1.68 bits per heavy atom. The zero-order valence-electron chi connectivity index (χ0n) is 14.0. The van der Waals surface area contributed by atoms with Gasteiger partial charge in [0.25, 0.3) is 0 Å². The molecule has 25 heavy (non-hydrogen) atoms. The zero-order valence-corrected chi connectivity index (χ0v) is 14.8. The molecule has 1 amide bonds. The lowest BCUT2D eigenvalue weighted by Gasteiger charge is -2.20. The van der Waals surface area contributed by atoms with Gasteiger partial charge in [0.2, 0.25) is 15.9 Å². The fraction of sp³-hybridized carbons (Fsp3) is 0.278. The highest BCUT2D eigenvalue weighted by Crippen LogP contribution is 2.10. The van der Waals surface area contributed by atoms with Crippen molar-refractivity contribution in [3.63, 3.8) is 0 Å². The van der Waals surface area contributed by atoms with Crippen molar-refractivity contribution in [1.82, 2.24) is 9.62 Å². The Bertz CT molecular complexity index is 793. The maximum atomic E-state index is 13.0. The second-order valence-corrected chi connectivity index (χ2v) is 7.72. The van der Waals surface area contributed by atoms with Crippen LogP contribution in [0.3, 0.4) is 0 Å². The Morgan fingerprint density at radius 1 is 1.04 bits per heavy atom. The molecule has 0 aromatic heterocycles. The standard InChI is InChI=1S/C18H21FN2O3S/c1-25(23,24)21(14-16-7-9-17(19)10-8-16)12-11-18(22)20-13-15-5-3-2-4-6-15/h2-10H,11-14H2,1H3,(H,20,22). The molecule has 1 N–H and O–H groups in total. The van der Waals surface area contributed by atoms with Crippen molar-refractivity contribution in [2.75, 3.05) is 12.8 Å². The van der Waals surface area contributed by atoms with Crippen molar-refractivity contribution >= 4 is 15.9 Å². The molecule has 2 aromatic carbocycles. The smallest absolute Gasteiger partial charge is 0.221 e. The van der Waals surface area contributed by atoms with Gasteiger partial charge in [-0.1, -0.05) is 42.5 Å². The molecule has 0 spiro atoms. The summed E-state index contributed by atoms with van der Waals surface area (Å²) in [4.78, 5) is 12.0. The third kappa shape index (κ3) is 6.64. The number of halogens is 1. The topological polar surface area (TPSA) is 66.5 Å². The molecule has 0 saturated heterocycles. The lowest BCUT2D eigenvalue weighted by molar-refractivity contribution is -0.121. The molecule has 0 aliphatic carbocycles. The average molecular weight is 364 g/mol. The number of carbonyl (C=O) groups is 1. The SMILES string of the molecule is CS(=O)(=O)N(CCC(=O)NCc1ccccc1)Cc1ccc(F)cc1. The van der Waals surface area contributed by atoms with E-state index < -0.39 is 10.0 Å². The van der Waals surface area contributed by atoms with E-state index in [-0.39, 0.29) is 31.2 Å². The van der Waals surface area contributed by atoms with Gasteiger partial charge in [-0.3, -0.25) is 4.79 Å². The van der Waals surface area contributed by atoms with E-state index in [4.69, 9.17) is 0 Å². The number of rotatable bonds is 8. The minimum Gasteiger partial charge on any atom is -0.352 e. The number of hydrogen-bond donors (Lipinski definition) is 1. The Morgan fingerprint density at radius 3 is 2.28 bits per heavy atom. The van der Waals surface area contributed by atoms with Crippen molar-refractivity contribution in [1.29, 1.82) is 0 Å². The van der Waals surface area contributed by atoms with Crippen molar-refractivity contribution < 1.29 is 17.6 Å². The van der Waals surface area contributed by atoms with Crippen LogP contribution in [0.15, 0.2) is 54.6 Å². The van der Waals surface area contributed by atoms with Crippen LogP contribution in [0.25, 0.3) is 0 Å². The number of amides is 1. The Balaban J connectivity index is 1.89.